The summed E-state index contributed by atoms with van der Waals surface area (Å²) < 4.78 is 0. The van der Waals surface area contributed by atoms with Gasteiger partial charge < -0.3 is 5.32 Å². The standard InChI is InChI=1S/C6H16N4S/c1-5(4-11-3)9-6(8-2)10-7/h5H,4,7H2,1-3H3,(H2,8,9,10). The van der Waals surface area contributed by atoms with E-state index in [1.165, 1.54) is 0 Å². The number of thioether (sulfide) groups is 1. The highest BCUT2D eigenvalue weighted by atomic mass is 32.2. The number of rotatable bonds is 3. The van der Waals surface area contributed by atoms with E-state index in [0.29, 0.717) is 12.0 Å². The van der Waals surface area contributed by atoms with Crippen molar-refractivity contribution in [3.63, 3.8) is 0 Å². The molecular weight excluding hydrogens is 160 g/mol. The molecule has 4 N–H and O–H groups in total. The third-order valence-electron chi connectivity index (χ3n) is 1.16. The zero-order valence-corrected chi connectivity index (χ0v) is 8.03. The Kier molecular flexibility index (Phi) is 6.06. The zero-order valence-electron chi connectivity index (χ0n) is 7.22. The molecule has 0 rings (SSSR count). The highest BCUT2D eigenvalue weighted by Crippen LogP contribution is 1.94. The van der Waals surface area contributed by atoms with Crippen LogP contribution in [0, 0.1) is 0 Å². The Hall–Kier alpha value is -0.420. The van der Waals surface area contributed by atoms with Gasteiger partial charge in [-0.1, -0.05) is 0 Å². The SMILES string of the molecule is CN=C(NN)NC(C)CSC. The lowest BCUT2D eigenvalue weighted by molar-refractivity contribution is 0.716. The fourth-order valence-corrected chi connectivity index (χ4v) is 1.28. The van der Waals surface area contributed by atoms with Gasteiger partial charge >= 0.3 is 0 Å². The van der Waals surface area contributed by atoms with Gasteiger partial charge in [0.2, 0.25) is 5.96 Å². The molecule has 0 aromatic heterocycles. The van der Waals surface area contributed by atoms with Gasteiger partial charge in [0.05, 0.1) is 0 Å². The lowest BCUT2D eigenvalue weighted by atomic mass is 10.4. The fraction of sp³-hybridized carbons (Fsp3) is 0.833. The number of nitrogens with two attached hydrogens (primary N) is 1. The third-order valence-corrected chi connectivity index (χ3v) is 1.99. The first-order valence-corrected chi connectivity index (χ1v) is 4.82. The van der Waals surface area contributed by atoms with Crippen molar-refractivity contribution >= 4 is 17.7 Å². The van der Waals surface area contributed by atoms with Crippen LogP contribution in [0.25, 0.3) is 0 Å². The Morgan fingerprint density at radius 2 is 2.36 bits per heavy atom. The van der Waals surface area contributed by atoms with Gasteiger partial charge in [0, 0.05) is 18.8 Å². The van der Waals surface area contributed by atoms with Crippen molar-refractivity contribution in [1.29, 1.82) is 0 Å². The van der Waals surface area contributed by atoms with Crippen LogP contribution in [-0.2, 0) is 0 Å². The van der Waals surface area contributed by atoms with Crippen LogP contribution in [-0.4, -0.2) is 31.1 Å². The summed E-state index contributed by atoms with van der Waals surface area (Å²) >= 11 is 1.79. The third kappa shape index (κ3) is 4.92. The van der Waals surface area contributed by atoms with Gasteiger partial charge in [0.1, 0.15) is 0 Å². The summed E-state index contributed by atoms with van der Waals surface area (Å²) in [7, 11) is 1.69. The second-order valence-electron chi connectivity index (χ2n) is 2.22. The minimum absolute atomic E-state index is 0.389. The maximum atomic E-state index is 5.18. The van der Waals surface area contributed by atoms with E-state index < -0.39 is 0 Å². The van der Waals surface area contributed by atoms with Crippen molar-refractivity contribution in [2.45, 2.75) is 13.0 Å². The maximum absolute atomic E-state index is 5.18. The average Bonchev–Trinajstić information content (AvgIpc) is 2.01. The molecule has 0 radical (unpaired) electrons. The predicted octanol–water partition coefficient (Wildman–Crippen LogP) is -0.223. The van der Waals surface area contributed by atoms with Crippen molar-refractivity contribution in [1.82, 2.24) is 10.7 Å². The Morgan fingerprint density at radius 3 is 2.73 bits per heavy atom. The van der Waals surface area contributed by atoms with Crippen LogP contribution in [0.1, 0.15) is 6.92 Å². The molecule has 0 aliphatic heterocycles. The Bertz CT molecular complexity index is 126. The number of nitrogens with one attached hydrogen (secondary N) is 2. The molecule has 0 saturated carbocycles. The number of aliphatic imine (C=N–C) groups is 1. The van der Waals surface area contributed by atoms with Crippen molar-refractivity contribution in [2.24, 2.45) is 10.8 Å². The molecule has 0 saturated heterocycles. The van der Waals surface area contributed by atoms with E-state index in [2.05, 4.69) is 28.9 Å². The predicted molar refractivity (Wildman–Crippen MR) is 51.7 cm³/mol. The van der Waals surface area contributed by atoms with E-state index in [4.69, 9.17) is 5.84 Å². The van der Waals surface area contributed by atoms with E-state index in [1.807, 2.05) is 0 Å². The molecule has 11 heavy (non-hydrogen) atoms. The minimum Gasteiger partial charge on any atom is -0.352 e. The molecule has 0 fully saturated rings. The number of hydrazine groups is 1. The number of hydrogen-bond donors (Lipinski definition) is 3. The monoisotopic (exact) mass is 176 g/mol. The summed E-state index contributed by atoms with van der Waals surface area (Å²) in [6, 6.07) is 0.389. The fourth-order valence-electron chi connectivity index (χ4n) is 0.696. The second-order valence-corrected chi connectivity index (χ2v) is 3.13. The molecule has 0 aromatic carbocycles. The number of hydrogen-bond acceptors (Lipinski definition) is 3. The van der Waals surface area contributed by atoms with Crippen molar-refractivity contribution in [2.75, 3.05) is 19.1 Å². The van der Waals surface area contributed by atoms with Gasteiger partial charge in [-0.25, -0.2) is 5.84 Å². The van der Waals surface area contributed by atoms with Gasteiger partial charge in [-0.2, -0.15) is 11.8 Å². The van der Waals surface area contributed by atoms with Crippen molar-refractivity contribution in [3.8, 4) is 0 Å². The van der Waals surface area contributed by atoms with Crippen LogP contribution in [0.2, 0.25) is 0 Å². The summed E-state index contributed by atoms with van der Waals surface area (Å²) in [6.07, 6.45) is 2.07. The molecule has 0 spiro atoms. The molecule has 0 amide bonds. The van der Waals surface area contributed by atoms with E-state index >= 15 is 0 Å². The first-order chi connectivity index (χ1) is 5.24. The van der Waals surface area contributed by atoms with Gasteiger partial charge in [-0.15, -0.1) is 0 Å². The van der Waals surface area contributed by atoms with Gasteiger partial charge in [0.15, 0.2) is 0 Å². The Morgan fingerprint density at radius 1 is 1.73 bits per heavy atom. The highest BCUT2D eigenvalue weighted by molar-refractivity contribution is 7.98. The summed E-state index contributed by atoms with van der Waals surface area (Å²) in [5.41, 5.74) is 2.47. The normalized spacial score (nSPS) is 14.4. The molecule has 1 unspecified atom stereocenters. The molecule has 0 heterocycles. The smallest absolute Gasteiger partial charge is 0.205 e. The molecule has 4 nitrogen and oxygen atoms in total. The van der Waals surface area contributed by atoms with Crippen molar-refractivity contribution < 1.29 is 0 Å². The van der Waals surface area contributed by atoms with Gasteiger partial charge in [0.25, 0.3) is 0 Å². The topological polar surface area (TPSA) is 62.4 Å². The zero-order chi connectivity index (χ0) is 8.69. The van der Waals surface area contributed by atoms with Crippen LogP contribution >= 0.6 is 11.8 Å². The second kappa shape index (κ2) is 6.30. The summed E-state index contributed by atoms with van der Waals surface area (Å²) in [4.78, 5) is 3.89. The first-order valence-electron chi connectivity index (χ1n) is 3.43. The Balaban J connectivity index is 3.63. The van der Waals surface area contributed by atoms with Crippen LogP contribution < -0.4 is 16.6 Å². The first kappa shape index (κ1) is 10.6. The van der Waals surface area contributed by atoms with Gasteiger partial charge in [-0.3, -0.25) is 10.4 Å². The van der Waals surface area contributed by atoms with Crippen LogP contribution in [0.5, 0.6) is 0 Å². The molecule has 5 heteroatoms. The van der Waals surface area contributed by atoms with Crippen LogP contribution in [0.4, 0.5) is 0 Å². The lowest BCUT2D eigenvalue weighted by Crippen LogP contribution is -2.46. The molecular formula is C6H16N4S. The average molecular weight is 176 g/mol. The Labute approximate surface area is 72.0 Å². The molecule has 0 bridgehead atoms. The molecule has 0 aliphatic carbocycles. The maximum Gasteiger partial charge on any atom is 0.205 e. The largest absolute Gasteiger partial charge is 0.352 e. The van der Waals surface area contributed by atoms with E-state index in [9.17, 15) is 0 Å². The quantitative estimate of drug-likeness (QED) is 0.241. The lowest BCUT2D eigenvalue weighted by Gasteiger charge is -2.14. The van der Waals surface area contributed by atoms with E-state index in [0.717, 1.165) is 5.75 Å². The van der Waals surface area contributed by atoms with Crippen LogP contribution in [0.3, 0.4) is 0 Å². The summed E-state index contributed by atoms with van der Waals surface area (Å²) in [5, 5.41) is 3.11. The minimum atomic E-state index is 0.389. The molecule has 0 aliphatic rings. The van der Waals surface area contributed by atoms with E-state index in [1.54, 1.807) is 18.8 Å². The molecule has 66 valence electrons. The highest BCUT2D eigenvalue weighted by Gasteiger charge is 2.01. The van der Waals surface area contributed by atoms with E-state index in [-0.39, 0.29) is 0 Å². The van der Waals surface area contributed by atoms with Gasteiger partial charge in [-0.05, 0) is 13.2 Å². The molecule has 1 atom stereocenters. The van der Waals surface area contributed by atoms with Crippen molar-refractivity contribution in [3.05, 3.63) is 0 Å². The number of guanidine groups is 1. The summed E-state index contributed by atoms with van der Waals surface area (Å²) in [5.74, 6) is 6.85. The molecule has 0 aromatic rings. The number of nitrogens with zero attached hydrogens (tertiary/aromatic N) is 1. The van der Waals surface area contributed by atoms with Crippen LogP contribution in [0.15, 0.2) is 4.99 Å². The summed E-state index contributed by atoms with van der Waals surface area (Å²) in [6.45, 7) is 2.08.